The molecule has 2 aliphatic heterocycles. The van der Waals surface area contributed by atoms with Crippen LogP contribution in [0.3, 0.4) is 0 Å². The standard InChI is InChI=1S/C24H36N2O5/c1-7-19(29-8-2)22(27)26-13-14-30-20-15-17-9-11-25(23(28)31-24(4,5)6)12-10-18(17)16(3)21(20)26/h15,19H,7-14H2,1-6H3/t19-/m1/s1. The van der Waals surface area contributed by atoms with Gasteiger partial charge in [-0.2, -0.15) is 0 Å². The van der Waals surface area contributed by atoms with Gasteiger partial charge in [0.15, 0.2) is 0 Å². The third kappa shape index (κ3) is 5.14. The van der Waals surface area contributed by atoms with Gasteiger partial charge in [-0.1, -0.05) is 6.92 Å². The van der Waals surface area contributed by atoms with E-state index >= 15 is 0 Å². The summed E-state index contributed by atoms with van der Waals surface area (Å²) in [5.74, 6) is 0.730. The Kier molecular flexibility index (Phi) is 7.14. The molecule has 1 atom stereocenters. The highest BCUT2D eigenvalue weighted by Crippen LogP contribution is 2.40. The van der Waals surface area contributed by atoms with Gasteiger partial charge in [-0.05, 0) is 76.6 Å². The summed E-state index contributed by atoms with van der Waals surface area (Å²) < 4.78 is 17.2. The van der Waals surface area contributed by atoms with Gasteiger partial charge in [-0.15, -0.1) is 0 Å². The molecule has 172 valence electrons. The zero-order valence-corrected chi connectivity index (χ0v) is 19.7. The van der Waals surface area contributed by atoms with Crippen LogP contribution in [0.4, 0.5) is 10.5 Å². The molecule has 0 N–H and O–H groups in total. The first-order chi connectivity index (χ1) is 14.7. The number of carbonyl (C=O) groups excluding carboxylic acids is 2. The molecule has 7 nitrogen and oxygen atoms in total. The van der Waals surface area contributed by atoms with Crippen molar-refractivity contribution in [1.29, 1.82) is 0 Å². The molecule has 0 aromatic heterocycles. The Morgan fingerprint density at radius 1 is 1.16 bits per heavy atom. The predicted molar refractivity (Wildman–Crippen MR) is 120 cm³/mol. The second-order valence-electron chi connectivity index (χ2n) is 9.14. The second-order valence-corrected chi connectivity index (χ2v) is 9.14. The summed E-state index contributed by atoms with van der Waals surface area (Å²) >= 11 is 0. The normalized spacial score (nSPS) is 17.2. The maximum absolute atomic E-state index is 13.2. The molecule has 2 heterocycles. The fourth-order valence-corrected chi connectivity index (χ4v) is 4.34. The molecule has 0 saturated heterocycles. The van der Waals surface area contributed by atoms with Crippen LogP contribution < -0.4 is 9.64 Å². The molecule has 0 unspecified atom stereocenters. The van der Waals surface area contributed by atoms with E-state index in [1.807, 2.05) is 39.5 Å². The van der Waals surface area contributed by atoms with E-state index in [1.165, 1.54) is 11.1 Å². The first kappa shape index (κ1) is 23.4. The lowest BCUT2D eigenvalue weighted by atomic mass is 9.94. The number of hydrogen-bond acceptors (Lipinski definition) is 5. The van der Waals surface area contributed by atoms with Crippen molar-refractivity contribution in [3.63, 3.8) is 0 Å². The van der Waals surface area contributed by atoms with Crippen molar-refractivity contribution < 1.29 is 23.8 Å². The van der Waals surface area contributed by atoms with Crippen molar-refractivity contribution in [1.82, 2.24) is 4.90 Å². The molecule has 0 radical (unpaired) electrons. The van der Waals surface area contributed by atoms with Crippen LogP contribution in [0.15, 0.2) is 6.07 Å². The molecular formula is C24H36N2O5. The van der Waals surface area contributed by atoms with Gasteiger partial charge in [-0.3, -0.25) is 4.79 Å². The lowest BCUT2D eigenvalue weighted by molar-refractivity contribution is -0.130. The molecule has 0 spiro atoms. The second kappa shape index (κ2) is 9.47. The van der Waals surface area contributed by atoms with Crippen molar-refractivity contribution in [2.24, 2.45) is 0 Å². The largest absolute Gasteiger partial charge is 0.490 e. The van der Waals surface area contributed by atoms with Crippen LogP contribution in [0.1, 0.15) is 57.7 Å². The third-order valence-electron chi connectivity index (χ3n) is 5.79. The molecule has 0 fully saturated rings. The summed E-state index contributed by atoms with van der Waals surface area (Å²) in [5, 5.41) is 0. The average Bonchev–Trinajstić information content (AvgIpc) is 2.93. The number of ether oxygens (including phenoxy) is 3. The van der Waals surface area contributed by atoms with Gasteiger partial charge in [0.05, 0.1) is 12.2 Å². The van der Waals surface area contributed by atoms with E-state index in [1.54, 1.807) is 4.90 Å². The van der Waals surface area contributed by atoms with Gasteiger partial charge >= 0.3 is 6.09 Å². The minimum Gasteiger partial charge on any atom is -0.490 e. The van der Waals surface area contributed by atoms with Crippen LogP contribution >= 0.6 is 0 Å². The number of fused-ring (bicyclic) bond motifs is 2. The van der Waals surface area contributed by atoms with E-state index in [-0.39, 0.29) is 12.0 Å². The van der Waals surface area contributed by atoms with Crippen molar-refractivity contribution in [3.05, 3.63) is 22.8 Å². The summed E-state index contributed by atoms with van der Waals surface area (Å²) in [6.45, 7) is 14.2. The highest BCUT2D eigenvalue weighted by Gasteiger charge is 2.33. The number of nitrogens with zero attached hydrogens (tertiary/aromatic N) is 2. The number of hydrogen-bond donors (Lipinski definition) is 0. The maximum Gasteiger partial charge on any atom is 0.410 e. The van der Waals surface area contributed by atoms with Crippen LogP contribution in [-0.4, -0.2) is 61.5 Å². The van der Waals surface area contributed by atoms with E-state index < -0.39 is 11.7 Å². The molecule has 3 rings (SSSR count). The lowest BCUT2D eigenvalue weighted by Gasteiger charge is -2.34. The topological polar surface area (TPSA) is 68.3 Å². The fraction of sp³-hybridized carbons (Fsp3) is 0.667. The number of benzene rings is 1. The van der Waals surface area contributed by atoms with Crippen LogP contribution in [0.2, 0.25) is 0 Å². The quantitative estimate of drug-likeness (QED) is 0.722. The molecular weight excluding hydrogens is 396 g/mol. The molecule has 0 bridgehead atoms. The minimum atomic E-state index is -0.518. The van der Waals surface area contributed by atoms with E-state index in [2.05, 4.69) is 13.0 Å². The molecule has 1 aromatic rings. The Morgan fingerprint density at radius 2 is 1.87 bits per heavy atom. The van der Waals surface area contributed by atoms with E-state index in [4.69, 9.17) is 14.2 Å². The van der Waals surface area contributed by atoms with Crippen molar-refractivity contribution in [2.75, 3.05) is 37.7 Å². The zero-order valence-electron chi connectivity index (χ0n) is 19.7. The van der Waals surface area contributed by atoms with Crippen molar-refractivity contribution >= 4 is 17.7 Å². The van der Waals surface area contributed by atoms with E-state index in [0.29, 0.717) is 39.3 Å². The van der Waals surface area contributed by atoms with Gasteiger partial charge in [0, 0.05) is 19.7 Å². The number of rotatable bonds is 4. The Morgan fingerprint density at radius 3 is 2.52 bits per heavy atom. The molecule has 7 heteroatoms. The first-order valence-corrected chi connectivity index (χ1v) is 11.3. The number of amides is 2. The monoisotopic (exact) mass is 432 g/mol. The molecule has 2 aliphatic rings. The molecule has 2 amide bonds. The maximum atomic E-state index is 13.2. The molecule has 1 aromatic carbocycles. The summed E-state index contributed by atoms with van der Waals surface area (Å²) in [4.78, 5) is 29.4. The van der Waals surface area contributed by atoms with Crippen molar-refractivity contribution in [3.8, 4) is 5.75 Å². The Hall–Kier alpha value is -2.28. The van der Waals surface area contributed by atoms with Gasteiger partial charge in [0.2, 0.25) is 0 Å². The molecule has 31 heavy (non-hydrogen) atoms. The average molecular weight is 433 g/mol. The fourth-order valence-electron chi connectivity index (χ4n) is 4.34. The van der Waals surface area contributed by atoms with Crippen LogP contribution in [-0.2, 0) is 27.1 Å². The third-order valence-corrected chi connectivity index (χ3v) is 5.79. The number of anilines is 1. The summed E-state index contributed by atoms with van der Waals surface area (Å²) in [6.07, 6.45) is 1.36. The summed E-state index contributed by atoms with van der Waals surface area (Å²) in [6, 6.07) is 2.05. The number of carbonyl (C=O) groups is 2. The van der Waals surface area contributed by atoms with E-state index in [0.717, 1.165) is 29.8 Å². The SMILES string of the molecule is CCO[C@H](CC)C(=O)N1CCOc2cc3c(c(C)c21)CCN(C(=O)OC(C)(C)C)CC3. The minimum absolute atomic E-state index is 0.0130. The van der Waals surface area contributed by atoms with E-state index in [9.17, 15) is 9.59 Å². The summed E-state index contributed by atoms with van der Waals surface area (Å²) in [7, 11) is 0. The summed E-state index contributed by atoms with van der Waals surface area (Å²) in [5.41, 5.74) is 3.75. The predicted octanol–water partition coefficient (Wildman–Crippen LogP) is 3.87. The lowest BCUT2D eigenvalue weighted by Crippen LogP contribution is -2.45. The smallest absolute Gasteiger partial charge is 0.410 e. The Balaban J connectivity index is 1.88. The first-order valence-electron chi connectivity index (χ1n) is 11.3. The Bertz CT molecular complexity index is 830. The van der Waals surface area contributed by atoms with Crippen LogP contribution in [0, 0.1) is 6.92 Å². The van der Waals surface area contributed by atoms with Gasteiger partial charge < -0.3 is 24.0 Å². The zero-order chi connectivity index (χ0) is 22.8. The highest BCUT2D eigenvalue weighted by atomic mass is 16.6. The van der Waals surface area contributed by atoms with Gasteiger partial charge in [-0.25, -0.2) is 4.79 Å². The Labute approximate surface area is 185 Å². The van der Waals surface area contributed by atoms with Crippen LogP contribution in [0.5, 0.6) is 5.75 Å². The highest BCUT2D eigenvalue weighted by molar-refractivity contribution is 5.99. The van der Waals surface area contributed by atoms with Crippen LogP contribution in [0.25, 0.3) is 0 Å². The molecule has 0 saturated carbocycles. The van der Waals surface area contributed by atoms with Gasteiger partial charge in [0.1, 0.15) is 24.1 Å². The van der Waals surface area contributed by atoms with Gasteiger partial charge in [0.25, 0.3) is 5.91 Å². The molecule has 0 aliphatic carbocycles. The van der Waals surface area contributed by atoms with Crippen molar-refractivity contribution in [2.45, 2.75) is 72.5 Å².